The summed E-state index contributed by atoms with van der Waals surface area (Å²) in [6.45, 7) is 13.0. The highest BCUT2D eigenvalue weighted by molar-refractivity contribution is 5.85. The molecule has 2 aliphatic rings. The number of carbonyl (C=O) groups is 2. The lowest BCUT2D eigenvalue weighted by molar-refractivity contribution is -0.144. The monoisotopic (exact) mass is 688 g/mol. The van der Waals surface area contributed by atoms with E-state index in [1.54, 1.807) is 0 Å². The zero-order valence-corrected chi connectivity index (χ0v) is 30.4. The van der Waals surface area contributed by atoms with Crippen molar-refractivity contribution in [1.82, 2.24) is 15.1 Å². The molecule has 10 heteroatoms. The quantitative estimate of drug-likeness (QED) is 0.0842. The van der Waals surface area contributed by atoms with Crippen molar-refractivity contribution in [1.29, 1.82) is 0 Å². The highest BCUT2D eigenvalue weighted by atomic mass is 16.5. The lowest BCUT2D eigenvalue weighted by Gasteiger charge is -2.36. The summed E-state index contributed by atoms with van der Waals surface area (Å²) >= 11 is 0. The minimum atomic E-state index is -0.997. The lowest BCUT2D eigenvalue weighted by Crippen LogP contribution is -2.49. The smallest absolute Gasteiger partial charge is 0.411 e. The molecule has 3 aromatic carbocycles. The van der Waals surface area contributed by atoms with Gasteiger partial charge in [0.1, 0.15) is 17.5 Å². The molecule has 1 amide bonds. The molecule has 272 valence electrons. The van der Waals surface area contributed by atoms with Crippen LogP contribution in [0, 0.1) is 5.92 Å². The van der Waals surface area contributed by atoms with E-state index in [2.05, 4.69) is 37.9 Å². The summed E-state index contributed by atoms with van der Waals surface area (Å²) in [5, 5.41) is 13.4. The van der Waals surface area contributed by atoms with Crippen LogP contribution in [0.25, 0.3) is 11.1 Å². The number of carboxylic acid groups (broad SMARTS) is 1. The third-order valence-corrected chi connectivity index (χ3v) is 9.62. The number of ether oxygens (including phenoxy) is 3. The zero-order chi connectivity index (χ0) is 36.0. The van der Waals surface area contributed by atoms with Gasteiger partial charge in [0.25, 0.3) is 0 Å². The maximum Gasteiger partial charge on any atom is 0.411 e. The van der Waals surface area contributed by atoms with Crippen molar-refractivity contribution < 1.29 is 28.9 Å². The average molecular weight is 689 g/mol. The Labute approximate surface area is 297 Å². The number of anilines is 1. The summed E-state index contributed by atoms with van der Waals surface area (Å²) in [7, 11) is 1.31. The molecule has 1 fully saturated rings. The molecule has 0 aromatic heterocycles. The summed E-state index contributed by atoms with van der Waals surface area (Å²) in [6.07, 6.45) is 4.94. The number of unbranched alkanes of at least 4 members (excludes halogenated alkanes) is 1. The van der Waals surface area contributed by atoms with Crippen LogP contribution in [0.15, 0.2) is 66.7 Å². The summed E-state index contributed by atoms with van der Waals surface area (Å²) in [5.41, 5.74) is 10.6. The Hall–Kier alpha value is -4.28. The van der Waals surface area contributed by atoms with Gasteiger partial charge >= 0.3 is 12.1 Å². The van der Waals surface area contributed by atoms with Gasteiger partial charge in [-0.15, -0.1) is 0 Å². The fourth-order valence-electron chi connectivity index (χ4n) is 6.96. The lowest BCUT2D eigenvalue weighted by atomic mass is 9.90. The SMILES string of the molecule is CCCCOc1cc(OC(CC)N(CC)CC)ccc1N.COC(=O)N(C(CC1CCCNC1)C(=O)O)C1c2ccccc2-c2ccccc21. The van der Waals surface area contributed by atoms with Gasteiger partial charge in [-0.05, 0) is 98.6 Å². The van der Waals surface area contributed by atoms with Gasteiger partial charge in [0.15, 0.2) is 6.23 Å². The van der Waals surface area contributed by atoms with Crippen molar-refractivity contribution in [2.24, 2.45) is 5.92 Å². The topological polar surface area (TPSA) is 127 Å². The van der Waals surface area contributed by atoms with Crippen molar-refractivity contribution in [2.75, 3.05) is 45.6 Å². The molecule has 0 spiro atoms. The number of nitrogen functional groups attached to an aromatic ring is 1. The number of carbonyl (C=O) groups excluding carboxylic acids is 1. The van der Waals surface area contributed by atoms with Gasteiger partial charge in [-0.2, -0.15) is 0 Å². The molecule has 50 heavy (non-hydrogen) atoms. The maximum atomic E-state index is 12.9. The predicted octanol–water partition coefficient (Wildman–Crippen LogP) is 7.57. The van der Waals surface area contributed by atoms with Crippen molar-refractivity contribution in [3.05, 3.63) is 77.9 Å². The second kappa shape index (κ2) is 19.2. The summed E-state index contributed by atoms with van der Waals surface area (Å²) in [5.74, 6) is 0.747. The molecular formula is C40H56N4O6. The third kappa shape index (κ3) is 9.48. The van der Waals surface area contributed by atoms with E-state index in [1.807, 2.05) is 66.7 Å². The van der Waals surface area contributed by atoms with Gasteiger partial charge < -0.3 is 30.4 Å². The first-order valence-corrected chi connectivity index (χ1v) is 18.2. The van der Waals surface area contributed by atoms with E-state index in [-0.39, 0.29) is 12.1 Å². The van der Waals surface area contributed by atoms with Crippen LogP contribution in [0.3, 0.4) is 0 Å². The highest BCUT2D eigenvalue weighted by Crippen LogP contribution is 2.47. The number of benzene rings is 3. The van der Waals surface area contributed by atoms with E-state index in [9.17, 15) is 14.7 Å². The number of methoxy groups -OCH3 is 1. The summed E-state index contributed by atoms with van der Waals surface area (Å²) in [4.78, 5) is 29.0. The molecule has 1 aliphatic carbocycles. The fourth-order valence-corrected chi connectivity index (χ4v) is 6.96. The molecule has 0 radical (unpaired) electrons. The Balaban J connectivity index is 0.000000238. The first-order chi connectivity index (χ1) is 24.3. The van der Waals surface area contributed by atoms with Crippen LogP contribution in [0.5, 0.6) is 11.5 Å². The molecule has 3 aromatic rings. The molecule has 1 aliphatic heterocycles. The highest BCUT2D eigenvalue weighted by Gasteiger charge is 2.43. The van der Waals surface area contributed by atoms with E-state index >= 15 is 0 Å². The molecule has 10 nitrogen and oxygen atoms in total. The standard InChI is InChI=1S/C23H26N2O4.C17H30N2O2/c1-29-23(28)25(20(22(26)27)13-15-7-6-12-24-14-15)21-18-10-4-2-8-16(18)17-9-3-5-11-19(17)21;1-5-9-12-20-16-13-14(10-11-15(16)18)21-17(6-2)19(7-3)8-4/h2-5,8-11,15,20-21,24H,6-7,12-14H2,1H3,(H,26,27);10-11,13,17H,5-9,12,18H2,1-4H3. The van der Waals surface area contributed by atoms with Crippen LogP contribution in [0.1, 0.15) is 83.4 Å². The minimum absolute atomic E-state index is 0.0899. The number of nitrogens with one attached hydrogen (secondary N) is 1. The Morgan fingerprint density at radius 2 is 1.64 bits per heavy atom. The van der Waals surface area contributed by atoms with Crippen molar-refractivity contribution in [3.63, 3.8) is 0 Å². The van der Waals surface area contributed by atoms with E-state index in [0.717, 1.165) is 92.0 Å². The van der Waals surface area contributed by atoms with Crippen LogP contribution in [-0.2, 0) is 9.53 Å². The normalized spacial score (nSPS) is 16.3. The molecule has 3 atom stereocenters. The molecule has 0 saturated carbocycles. The Bertz CT molecular complexity index is 1480. The van der Waals surface area contributed by atoms with Crippen LogP contribution >= 0.6 is 0 Å². The molecule has 0 bridgehead atoms. The van der Waals surface area contributed by atoms with Gasteiger partial charge in [-0.1, -0.05) is 82.6 Å². The minimum Gasteiger partial charge on any atom is -0.491 e. The Kier molecular flexibility index (Phi) is 14.8. The summed E-state index contributed by atoms with van der Waals surface area (Å²) < 4.78 is 16.9. The van der Waals surface area contributed by atoms with Gasteiger partial charge in [-0.25, -0.2) is 9.59 Å². The zero-order valence-electron chi connectivity index (χ0n) is 30.4. The van der Waals surface area contributed by atoms with Gasteiger partial charge in [-0.3, -0.25) is 9.80 Å². The van der Waals surface area contributed by atoms with Crippen LogP contribution in [0.4, 0.5) is 10.5 Å². The summed E-state index contributed by atoms with van der Waals surface area (Å²) in [6, 6.07) is 20.0. The van der Waals surface area contributed by atoms with Crippen molar-refractivity contribution in [2.45, 2.75) is 84.5 Å². The van der Waals surface area contributed by atoms with E-state index in [0.29, 0.717) is 18.7 Å². The van der Waals surface area contributed by atoms with Crippen LogP contribution in [-0.4, -0.2) is 79.1 Å². The fraction of sp³-hybridized carbons (Fsp3) is 0.500. The molecular weight excluding hydrogens is 632 g/mol. The van der Waals surface area contributed by atoms with E-state index in [1.165, 1.54) is 12.0 Å². The Morgan fingerprint density at radius 1 is 0.980 bits per heavy atom. The molecule has 5 rings (SSSR count). The number of nitrogens with zero attached hydrogens (tertiary/aromatic N) is 2. The first kappa shape index (κ1) is 38.5. The van der Waals surface area contributed by atoms with E-state index < -0.39 is 24.1 Å². The van der Waals surface area contributed by atoms with Crippen LogP contribution in [0.2, 0.25) is 0 Å². The van der Waals surface area contributed by atoms with Crippen LogP contribution < -0.4 is 20.5 Å². The van der Waals surface area contributed by atoms with Gasteiger partial charge in [0.05, 0.1) is 25.4 Å². The van der Waals surface area contributed by atoms with Gasteiger partial charge in [0, 0.05) is 6.07 Å². The van der Waals surface area contributed by atoms with E-state index in [4.69, 9.17) is 19.9 Å². The molecule has 3 unspecified atom stereocenters. The number of amides is 1. The largest absolute Gasteiger partial charge is 0.491 e. The van der Waals surface area contributed by atoms with Crippen molar-refractivity contribution in [3.8, 4) is 22.6 Å². The second-order valence-corrected chi connectivity index (χ2v) is 12.9. The number of hydrogen-bond donors (Lipinski definition) is 3. The maximum absolute atomic E-state index is 12.9. The first-order valence-electron chi connectivity index (χ1n) is 18.2. The number of rotatable bonds is 15. The Morgan fingerprint density at radius 3 is 2.18 bits per heavy atom. The molecule has 4 N–H and O–H groups in total. The number of aliphatic carboxylic acids is 1. The molecule has 1 heterocycles. The second-order valence-electron chi connectivity index (χ2n) is 12.9. The molecule has 1 saturated heterocycles. The predicted molar refractivity (Wildman–Crippen MR) is 198 cm³/mol. The van der Waals surface area contributed by atoms with Crippen molar-refractivity contribution >= 4 is 17.7 Å². The average Bonchev–Trinajstić information content (AvgIpc) is 3.47. The number of fused-ring (bicyclic) bond motifs is 3. The number of carboxylic acids is 1. The van der Waals surface area contributed by atoms with Gasteiger partial charge in [0.2, 0.25) is 0 Å². The third-order valence-electron chi connectivity index (χ3n) is 9.62. The number of piperidine rings is 1. The number of nitrogens with two attached hydrogens (primary N) is 1. The number of hydrogen-bond acceptors (Lipinski definition) is 8.